The van der Waals surface area contributed by atoms with Crippen molar-refractivity contribution in [1.82, 2.24) is 4.31 Å². The number of rotatable bonds is 10. The van der Waals surface area contributed by atoms with Gasteiger partial charge in [-0.1, -0.05) is 29.8 Å². The smallest absolute Gasteiger partial charge is 0.243 e. The molecule has 1 amide bonds. The van der Waals surface area contributed by atoms with E-state index in [2.05, 4.69) is 31.9 Å². The van der Waals surface area contributed by atoms with Crippen LogP contribution in [0.4, 0.5) is 17.1 Å². The molecule has 3 N–H and O–H groups in total. The van der Waals surface area contributed by atoms with Crippen molar-refractivity contribution >= 4 is 48.9 Å². The number of amides is 1. The highest BCUT2D eigenvalue weighted by Crippen LogP contribution is 2.27. The lowest BCUT2D eigenvalue weighted by atomic mass is 10.2. The van der Waals surface area contributed by atoms with E-state index < -0.39 is 10.0 Å². The summed E-state index contributed by atoms with van der Waals surface area (Å²) in [5.74, 6) is -0.222. The van der Waals surface area contributed by atoms with Crippen molar-refractivity contribution in [2.75, 3.05) is 42.1 Å². The summed E-state index contributed by atoms with van der Waals surface area (Å²) in [6, 6.07) is 10.5. The molecule has 0 bridgehead atoms. The fraction of sp³-hybridized carbons (Fsp3) is 0.381. The molecule has 0 aliphatic rings. The van der Waals surface area contributed by atoms with Crippen molar-refractivity contribution in [2.24, 2.45) is 0 Å². The standard InChI is InChI=1S/C21H29BrN4O3S/c1-5-23-19-11-9-17(30(28,29)26(6-2)7-3)13-20(19)24-14-21(27)25-18-10-8-16(22)12-15(18)4/h8-13,23-24H,5-7,14H2,1-4H3,(H,25,27). The number of hydrogen-bond acceptors (Lipinski definition) is 5. The lowest BCUT2D eigenvalue weighted by molar-refractivity contribution is -0.114. The topological polar surface area (TPSA) is 90.5 Å². The molecule has 0 unspecified atom stereocenters. The second kappa shape index (κ2) is 10.8. The number of carbonyl (C=O) groups excluding carboxylic acids is 1. The Hall–Kier alpha value is -2.10. The van der Waals surface area contributed by atoms with Crippen LogP contribution in [-0.2, 0) is 14.8 Å². The maximum atomic E-state index is 12.9. The summed E-state index contributed by atoms with van der Waals surface area (Å²) in [7, 11) is -3.59. The minimum Gasteiger partial charge on any atom is -0.384 e. The molecule has 2 aromatic carbocycles. The summed E-state index contributed by atoms with van der Waals surface area (Å²) in [4.78, 5) is 12.6. The van der Waals surface area contributed by atoms with Gasteiger partial charge >= 0.3 is 0 Å². The zero-order chi connectivity index (χ0) is 22.3. The average Bonchev–Trinajstić information content (AvgIpc) is 2.70. The first kappa shape index (κ1) is 24.2. The Morgan fingerprint density at radius 1 is 0.967 bits per heavy atom. The lowest BCUT2D eigenvalue weighted by Crippen LogP contribution is -2.30. The molecule has 9 heteroatoms. The van der Waals surface area contributed by atoms with Gasteiger partial charge in [0.15, 0.2) is 0 Å². The monoisotopic (exact) mass is 496 g/mol. The van der Waals surface area contributed by atoms with E-state index in [1.807, 2.05) is 45.9 Å². The average molecular weight is 497 g/mol. The van der Waals surface area contributed by atoms with Gasteiger partial charge in [0.25, 0.3) is 0 Å². The van der Waals surface area contributed by atoms with Crippen LogP contribution in [0.5, 0.6) is 0 Å². The number of sulfonamides is 1. The van der Waals surface area contributed by atoms with Crippen molar-refractivity contribution in [3.8, 4) is 0 Å². The van der Waals surface area contributed by atoms with E-state index in [0.29, 0.717) is 25.3 Å². The fourth-order valence-corrected chi connectivity index (χ4v) is 4.98. The van der Waals surface area contributed by atoms with Crippen LogP contribution in [0.3, 0.4) is 0 Å². The molecule has 30 heavy (non-hydrogen) atoms. The zero-order valence-electron chi connectivity index (χ0n) is 17.8. The minimum atomic E-state index is -3.59. The van der Waals surface area contributed by atoms with Crippen molar-refractivity contribution in [2.45, 2.75) is 32.6 Å². The Morgan fingerprint density at radius 3 is 2.23 bits per heavy atom. The third-order valence-corrected chi connectivity index (χ3v) is 7.14. The summed E-state index contributed by atoms with van der Waals surface area (Å²) in [6.45, 7) is 8.94. The van der Waals surface area contributed by atoms with E-state index in [1.54, 1.807) is 18.2 Å². The lowest BCUT2D eigenvalue weighted by Gasteiger charge is -2.20. The Balaban J connectivity index is 2.21. The van der Waals surface area contributed by atoms with Crippen molar-refractivity contribution < 1.29 is 13.2 Å². The van der Waals surface area contributed by atoms with Gasteiger partial charge in [0, 0.05) is 29.8 Å². The number of halogens is 1. The number of nitrogens with one attached hydrogen (secondary N) is 3. The summed E-state index contributed by atoms with van der Waals surface area (Å²) in [5, 5.41) is 9.13. The Morgan fingerprint density at radius 2 is 1.63 bits per heavy atom. The molecule has 164 valence electrons. The third-order valence-electron chi connectivity index (χ3n) is 4.60. The van der Waals surface area contributed by atoms with E-state index >= 15 is 0 Å². The molecule has 2 rings (SSSR count). The number of aryl methyl sites for hydroxylation is 1. The maximum Gasteiger partial charge on any atom is 0.243 e. The van der Waals surface area contributed by atoms with E-state index in [-0.39, 0.29) is 17.3 Å². The predicted octanol–water partition coefficient (Wildman–Crippen LogP) is 4.27. The van der Waals surface area contributed by atoms with E-state index in [4.69, 9.17) is 0 Å². The zero-order valence-corrected chi connectivity index (χ0v) is 20.2. The third kappa shape index (κ3) is 5.96. The van der Waals surface area contributed by atoms with Crippen LogP contribution in [0.25, 0.3) is 0 Å². The van der Waals surface area contributed by atoms with Crippen LogP contribution in [0.2, 0.25) is 0 Å². The van der Waals surface area contributed by atoms with Crippen LogP contribution in [0, 0.1) is 6.92 Å². The Bertz CT molecular complexity index is 992. The van der Waals surface area contributed by atoms with Crippen LogP contribution in [0.15, 0.2) is 45.8 Å². The second-order valence-corrected chi connectivity index (χ2v) is 9.54. The molecule has 7 nitrogen and oxygen atoms in total. The summed E-state index contributed by atoms with van der Waals surface area (Å²) in [6.07, 6.45) is 0. The Labute approximate surface area is 187 Å². The first-order valence-electron chi connectivity index (χ1n) is 9.90. The first-order chi connectivity index (χ1) is 14.2. The van der Waals surface area contributed by atoms with Crippen LogP contribution in [-0.4, -0.2) is 44.8 Å². The molecule has 0 aromatic heterocycles. The molecule has 0 saturated carbocycles. The molecule has 0 fully saturated rings. The second-order valence-electron chi connectivity index (χ2n) is 6.69. The molecule has 0 spiro atoms. The van der Waals surface area contributed by atoms with Gasteiger partial charge in [0.2, 0.25) is 15.9 Å². The van der Waals surface area contributed by atoms with Gasteiger partial charge in [-0.05, 0) is 55.8 Å². The van der Waals surface area contributed by atoms with Crippen LogP contribution >= 0.6 is 15.9 Å². The van der Waals surface area contributed by atoms with Gasteiger partial charge in [0.1, 0.15) is 0 Å². The number of anilines is 3. The number of benzene rings is 2. The number of hydrogen-bond donors (Lipinski definition) is 3. The minimum absolute atomic E-state index is 0.00265. The molecule has 0 aliphatic heterocycles. The van der Waals surface area contributed by atoms with Crippen molar-refractivity contribution in [3.63, 3.8) is 0 Å². The number of nitrogens with zero attached hydrogens (tertiary/aromatic N) is 1. The molecule has 0 aliphatic carbocycles. The molecule has 0 radical (unpaired) electrons. The van der Waals surface area contributed by atoms with Crippen molar-refractivity contribution in [3.05, 3.63) is 46.4 Å². The first-order valence-corrected chi connectivity index (χ1v) is 12.1. The largest absolute Gasteiger partial charge is 0.384 e. The van der Waals surface area contributed by atoms with Crippen LogP contribution < -0.4 is 16.0 Å². The van der Waals surface area contributed by atoms with Crippen molar-refractivity contribution in [1.29, 1.82) is 0 Å². The molecule has 0 atom stereocenters. The fourth-order valence-electron chi connectivity index (χ4n) is 3.02. The molecule has 0 heterocycles. The van der Waals surface area contributed by atoms with Gasteiger partial charge in [-0.15, -0.1) is 0 Å². The van der Waals surface area contributed by atoms with E-state index in [0.717, 1.165) is 21.4 Å². The number of carbonyl (C=O) groups is 1. The molecular formula is C21H29BrN4O3S. The quantitative estimate of drug-likeness (QED) is 0.456. The van der Waals surface area contributed by atoms with Gasteiger partial charge in [-0.2, -0.15) is 4.31 Å². The predicted molar refractivity (Wildman–Crippen MR) is 127 cm³/mol. The van der Waals surface area contributed by atoms with E-state index in [9.17, 15) is 13.2 Å². The summed E-state index contributed by atoms with van der Waals surface area (Å²) >= 11 is 3.41. The highest BCUT2D eigenvalue weighted by Gasteiger charge is 2.22. The summed E-state index contributed by atoms with van der Waals surface area (Å²) in [5.41, 5.74) is 2.98. The summed E-state index contributed by atoms with van der Waals surface area (Å²) < 4.78 is 28.1. The normalized spacial score (nSPS) is 11.4. The van der Waals surface area contributed by atoms with E-state index in [1.165, 1.54) is 4.31 Å². The van der Waals surface area contributed by atoms with Gasteiger partial charge in [-0.3, -0.25) is 4.79 Å². The van der Waals surface area contributed by atoms with Crippen LogP contribution in [0.1, 0.15) is 26.3 Å². The van der Waals surface area contributed by atoms with Gasteiger partial charge in [-0.25, -0.2) is 8.42 Å². The Kier molecular flexibility index (Phi) is 8.69. The SMILES string of the molecule is CCNc1ccc(S(=O)(=O)N(CC)CC)cc1NCC(=O)Nc1ccc(Br)cc1C. The van der Waals surface area contributed by atoms with Gasteiger partial charge < -0.3 is 16.0 Å². The highest BCUT2D eigenvalue weighted by molar-refractivity contribution is 9.10. The highest BCUT2D eigenvalue weighted by atomic mass is 79.9. The molecule has 0 saturated heterocycles. The maximum absolute atomic E-state index is 12.9. The molecule has 2 aromatic rings. The molecular weight excluding hydrogens is 468 g/mol. The van der Waals surface area contributed by atoms with Gasteiger partial charge in [0.05, 0.1) is 22.8 Å².